The Morgan fingerprint density at radius 1 is 1.21 bits per heavy atom. The SMILES string of the molecule is CCN1CCC(NC2CC(N)c3ccccc32)CC1. The largest absolute Gasteiger partial charge is 0.324 e. The lowest BCUT2D eigenvalue weighted by atomic mass is 10.0. The summed E-state index contributed by atoms with van der Waals surface area (Å²) in [6.45, 7) is 5.90. The fourth-order valence-corrected chi connectivity index (χ4v) is 3.53. The maximum Gasteiger partial charge on any atom is 0.0344 e. The quantitative estimate of drug-likeness (QED) is 0.874. The summed E-state index contributed by atoms with van der Waals surface area (Å²) in [5.41, 5.74) is 9.00. The zero-order valence-electron chi connectivity index (χ0n) is 11.8. The molecule has 3 heteroatoms. The molecule has 1 aromatic carbocycles. The van der Waals surface area contributed by atoms with Gasteiger partial charge in [0.1, 0.15) is 0 Å². The van der Waals surface area contributed by atoms with Crippen LogP contribution in [0.4, 0.5) is 0 Å². The maximum atomic E-state index is 6.24. The topological polar surface area (TPSA) is 41.3 Å². The van der Waals surface area contributed by atoms with E-state index in [1.54, 1.807) is 0 Å². The highest BCUT2D eigenvalue weighted by atomic mass is 15.1. The second kappa shape index (κ2) is 5.61. The van der Waals surface area contributed by atoms with E-state index in [2.05, 4.69) is 41.4 Å². The van der Waals surface area contributed by atoms with E-state index in [1.807, 2.05) is 0 Å². The molecule has 1 aliphatic carbocycles. The first kappa shape index (κ1) is 13.1. The lowest BCUT2D eigenvalue weighted by Crippen LogP contribution is -2.43. The average molecular weight is 259 g/mol. The minimum atomic E-state index is 0.212. The molecule has 1 fully saturated rings. The van der Waals surface area contributed by atoms with Crippen LogP contribution in [0.2, 0.25) is 0 Å². The Balaban J connectivity index is 1.63. The zero-order chi connectivity index (χ0) is 13.2. The summed E-state index contributed by atoms with van der Waals surface area (Å²) in [6.07, 6.45) is 3.58. The van der Waals surface area contributed by atoms with Crippen LogP contribution in [-0.2, 0) is 0 Å². The molecule has 1 heterocycles. The monoisotopic (exact) mass is 259 g/mol. The summed E-state index contributed by atoms with van der Waals surface area (Å²) < 4.78 is 0. The Morgan fingerprint density at radius 3 is 2.58 bits per heavy atom. The van der Waals surface area contributed by atoms with Gasteiger partial charge in [-0.05, 0) is 50.0 Å². The van der Waals surface area contributed by atoms with Crippen LogP contribution in [0.1, 0.15) is 49.4 Å². The molecule has 0 aromatic heterocycles. The van der Waals surface area contributed by atoms with Gasteiger partial charge in [0, 0.05) is 18.1 Å². The summed E-state index contributed by atoms with van der Waals surface area (Å²) in [4.78, 5) is 2.53. The minimum Gasteiger partial charge on any atom is -0.324 e. The zero-order valence-corrected chi connectivity index (χ0v) is 11.8. The van der Waals surface area contributed by atoms with Gasteiger partial charge in [0.2, 0.25) is 0 Å². The van der Waals surface area contributed by atoms with Gasteiger partial charge in [-0.1, -0.05) is 31.2 Å². The molecule has 3 nitrogen and oxygen atoms in total. The number of likely N-dealkylation sites (tertiary alicyclic amines) is 1. The van der Waals surface area contributed by atoms with Gasteiger partial charge in [-0.2, -0.15) is 0 Å². The number of nitrogens with zero attached hydrogens (tertiary/aromatic N) is 1. The third kappa shape index (κ3) is 2.69. The van der Waals surface area contributed by atoms with Gasteiger partial charge in [-0.3, -0.25) is 0 Å². The molecule has 1 aromatic rings. The highest BCUT2D eigenvalue weighted by Gasteiger charge is 2.30. The van der Waals surface area contributed by atoms with E-state index in [-0.39, 0.29) is 6.04 Å². The molecule has 0 spiro atoms. The van der Waals surface area contributed by atoms with Crippen molar-refractivity contribution in [1.29, 1.82) is 0 Å². The van der Waals surface area contributed by atoms with Crippen LogP contribution in [0.3, 0.4) is 0 Å². The standard InChI is InChI=1S/C16H25N3/c1-2-19-9-7-12(8-10-19)18-16-11-15(17)13-5-3-4-6-14(13)16/h3-6,12,15-16,18H,2,7-11,17H2,1H3. The first-order valence-corrected chi connectivity index (χ1v) is 7.60. The van der Waals surface area contributed by atoms with Crippen molar-refractivity contribution in [2.45, 2.75) is 44.3 Å². The van der Waals surface area contributed by atoms with Crippen LogP contribution in [0.25, 0.3) is 0 Å². The van der Waals surface area contributed by atoms with Crippen molar-refractivity contribution < 1.29 is 0 Å². The first-order chi connectivity index (χ1) is 9.28. The lowest BCUT2D eigenvalue weighted by molar-refractivity contribution is 0.198. The van der Waals surface area contributed by atoms with E-state index in [0.29, 0.717) is 12.1 Å². The molecule has 104 valence electrons. The van der Waals surface area contributed by atoms with Gasteiger partial charge < -0.3 is 16.0 Å². The molecule has 1 aliphatic heterocycles. The predicted octanol–water partition coefficient (Wildman–Crippen LogP) is 2.21. The number of fused-ring (bicyclic) bond motifs is 1. The highest BCUT2D eigenvalue weighted by molar-refractivity contribution is 5.37. The number of benzene rings is 1. The second-order valence-corrected chi connectivity index (χ2v) is 5.90. The Labute approximate surface area is 116 Å². The van der Waals surface area contributed by atoms with Gasteiger partial charge in [0.05, 0.1) is 0 Å². The summed E-state index contributed by atoms with van der Waals surface area (Å²) in [5.74, 6) is 0. The number of hydrogen-bond donors (Lipinski definition) is 2. The molecule has 3 rings (SSSR count). The van der Waals surface area contributed by atoms with E-state index < -0.39 is 0 Å². The van der Waals surface area contributed by atoms with Crippen molar-refractivity contribution in [3.05, 3.63) is 35.4 Å². The third-order valence-electron chi connectivity index (χ3n) is 4.73. The Morgan fingerprint density at radius 2 is 1.89 bits per heavy atom. The molecule has 0 amide bonds. The Hall–Kier alpha value is -0.900. The van der Waals surface area contributed by atoms with Crippen LogP contribution in [0.5, 0.6) is 0 Å². The number of hydrogen-bond acceptors (Lipinski definition) is 3. The van der Waals surface area contributed by atoms with Gasteiger partial charge >= 0.3 is 0 Å². The smallest absolute Gasteiger partial charge is 0.0344 e. The van der Waals surface area contributed by atoms with Crippen LogP contribution in [-0.4, -0.2) is 30.6 Å². The number of rotatable bonds is 3. The second-order valence-electron chi connectivity index (χ2n) is 5.90. The summed E-state index contributed by atoms with van der Waals surface area (Å²) in [6, 6.07) is 9.98. The van der Waals surface area contributed by atoms with Crippen molar-refractivity contribution in [2.75, 3.05) is 19.6 Å². The molecule has 1 saturated heterocycles. The highest BCUT2D eigenvalue weighted by Crippen LogP contribution is 2.37. The van der Waals surface area contributed by atoms with Gasteiger partial charge in [0.15, 0.2) is 0 Å². The van der Waals surface area contributed by atoms with Crippen molar-refractivity contribution in [3.63, 3.8) is 0 Å². The van der Waals surface area contributed by atoms with Gasteiger partial charge in [-0.25, -0.2) is 0 Å². The van der Waals surface area contributed by atoms with Crippen molar-refractivity contribution in [1.82, 2.24) is 10.2 Å². The molecular weight excluding hydrogens is 234 g/mol. The van der Waals surface area contributed by atoms with Crippen LogP contribution in [0.15, 0.2) is 24.3 Å². The molecule has 0 saturated carbocycles. The van der Waals surface area contributed by atoms with Crippen molar-refractivity contribution in [3.8, 4) is 0 Å². The Bertz CT molecular complexity index is 424. The van der Waals surface area contributed by atoms with E-state index in [0.717, 1.165) is 6.42 Å². The maximum absolute atomic E-state index is 6.24. The van der Waals surface area contributed by atoms with E-state index in [1.165, 1.54) is 43.6 Å². The average Bonchev–Trinajstić information content (AvgIpc) is 2.77. The summed E-state index contributed by atoms with van der Waals surface area (Å²) >= 11 is 0. The molecule has 0 radical (unpaired) electrons. The third-order valence-corrected chi connectivity index (χ3v) is 4.73. The fraction of sp³-hybridized carbons (Fsp3) is 0.625. The first-order valence-electron chi connectivity index (χ1n) is 7.60. The number of piperidine rings is 1. The van der Waals surface area contributed by atoms with Crippen molar-refractivity contribution >= 4 is 0 Å². The van der Waals surface area contributed by atoms with E-state index >= 15 is 0 Å². The minimum absolute atomic E-state index is 0.212. The normalized spacial score (nSPS) is 28.5. The number of nitrogens with two attached hydrogens (primary N) is 1. The fourth-order valence-electron chi connectivity index (χ4n) is 3.53. The predicted molar refractivity (Wildman–Crippen MR) is 79.0 cm³/mol. The Kier molecular flexibility index (Phi) is 3.87. The molecule has 0 bridgehead atoms. The molecule has 2 unspecified atom stereocenters. The van der Waals surface area contributed by atoms with Crippen molar-refractivity contribution in [2.24, 2.45) is 5.73 Å². The lowest BCUT2D eigenvalue weighted by Gasteiger charge is -2.33. The molecule has 19 heavy (non-hydrogen) atoms. The van der Waals surface area contributed by atoms with Gasteiger partial charge in [0.25, 0.3) is 0 Å². The number of nitrogens with one attached hydrogen (secondary N) is 1. The summed E-state index contributed by atoms with van der Waals surface area (Å²) in [7, 11) is 0. The molecule has 2 atom stereocenters. The van der Waals surface area contributed by atoms with Crippen LogP contribution >= 0.6 is 0 Å². The molecule has 2 aliphatic rings. The van der Waals surface area contributed by atoms with Crippen LogP contribution < -0.4 is 11.1 Å². The van der Waals surface area contributed by atoms with Gasteiger partial charge in [-0.15, -0.1) is 0 Å². The summed E-state index contributed by atoms with van der Waals surface area (Å²) in [5, 5.41) is 3.84. The van der Waals surface area contributed by atoms with E-state index in [9.17, 15) is 0 Å². The molecule has 3 N–H and O–H groups in total. The van der Waals surface area contributed by atoms with Crippen LogP contribution in [0, 0.1) is 0 Å². The molecular formula is C16H25N3. The van der Waals surface area contributed by atoms with E-state index in [4.69, 9.17) is 5.73 Å².